The molecule has 0 aliphatic carbocycles. The third-order valence-corrected chi connectivity index (χ3v) is 11.2. The van der Waals surface area contributed by atoms with Crippen LogP contribution in [0.3, 0.4) is 0 Å². The van der Waals surface area contributed by atoms with E-state index in [1.54, 1.807) is 6.20 Å². The molecule has 0 saturated carbocycles. The molecule has 0 spiro atoms. The molecule has 60 heavy (non-hydrogen) atoms. The van der Waals surface area contributed by atoms with Crippen molar-refractivity contribution in [3.63, 3.8) is 0 Å². The van der Waals surface area contributed by atoms with Crippen LogP contribution in [0.15, 0.2) is 134 Å². The molecule has 0 radical (unpaired) electrons. The van der Waals surface area contributed by atoms with E-state index in [1.165, 1.54) is 16.7 Å². The molecule has 0 amide bonds. The van der Waals surface area contributed by atoms with E-state index >= 15 is 0 Å². The van der Waals surface area contributed by atoms with Crippen molar-refractivity contribution in [2.24, 2.45) is 0 Å². The van der Waals surface area contributed by atoms with Crippen LogP contribution in [0.4, 0.5) is 0 Å². The predicted molar refractivity (Wildman–Crippen MR) is 239 cm³/mol. The molecule has 7 heteroatoms. The molecule has 0 unspecified atom stereocenters. The number of para-hydroxylation sites is 2. The maximum Gasteiger partial charge on any atom is 0.269 e. The number of aromatic nitrogens is 5. The molecule has 0 atom stereocenters. The van der Waals surface area contributed by atoms with Crippen molar-refractivity contribution in [2.45, 2.75) is 78.6 Å². The number of imidazole rings is 1. The van der Waals surface area contributed by atoms with E-state index in [0.29, 0.717) is 17.3 Å². The zero-order valence-corrected chi connectivity index (χ0v) is 37.9. The van der Waals surface area contributed by atoms with Crippen molar-refractivity contribution in [1.29, 1.82) is 0 Å². The molecule has 0 fully saturated rings. The fourth-order valence-electron chi connectivity index (χ4n) is 7.80. The van der Waals surface area contributed by atoms with Gasteiger partial charge in [-0.15, -0.1) is 17.5 Å². The van der Waals surface area contributed by atoms with Crippen molar-refractivity contribution in [1.82, 2.24) is 19.1 Å². The average Bonchev–Trinajstić information content (AvgIpc) is 3.76. The Bertz CT molecular complexity index is 3000. The Morgan fingerprint density at radius 2 is 1.23 bits per heavy atom. The van der Waals surface area contributed by atoms with Gasteiger partial charge in [-0.2, -0.15) is 18.2 Å². The number of pyridine rings is 2. The van der Waals surface area contributed by atoms with Gasteiger partial charge in [0.25, 0.3) is 6.33 Å². The number of hydrogen-bond acceptors (Lipinski definition) is 3. The Morgan fingerprint density at radius 3 is 1.95 bits per heavy atom. The van der Waals surface area contributed by atoms with Crippen LogP contribution in [0.1, 0.15) is 79.0 Å². The van der Waals surface area contributed by atoms with Crippen LogP contribution in [-0.2, 0) is 37.3 Å². The summed E-state index contributed by atoms with van der Waals surface area (Å²) in [5.74, 6) is 2.49. The summed E-state index contributed by atoms with van der Waals surface area (Å²) in [6.45, 7) is 20.3. The minimum absolute atomic E-state index is 0. The summed E-state index contributed by atoms with van der Waals surface area (Å²) >= 11 is 0. The molecule has 5 aromatic carbocycles. The van der Waals surface area contributed by atoms with Crippen LogP contribution in [0, 0.1) is 18.5 Å². The first kappa shape index (κ1) is 40.9. The zero-order chi connectivity index (χ0) is 41.3. The van der Waals surface area contributed by atoms with E-state index in [9.17, 15) is 0 Å². The van der Waals surface area contributed by atoms with E-state index in [0.717, 1.165) is 55.5 Å². The van der Waals surface area contributed by atoms with E-state index in [1.807, 2.05) is 29.0 Å². The molecule has 4 heterocycles. The summed E-state index contributed by atoms with van der Waals surface area (Å²) < 4.78 is 12.9. The first-order valence-corrected chi connectivity index (χ1v) is 20.3. The molecule has 6 nitrogen and oxygen atoms in total. The van der Waals surface area contributed by atoms with Crippen molar-refractivity contribution >= 4 is 32.8 Å². The quantitative estimate of drug-likeness (QED) is 0.123. The van der Waals surface area contributed by atoms with Crippen LogP contribution in [0.25, 0.3) is 61.3 Å². The summed E-state index contributed by atoms with van der Waals surface area (Å²) in [7, 11) is 0. The number of benzene rings is 5. The summed E-state index contributed by atoms with van der Waals surface area (Å²) in [4.78, 5) is 9.70. The van der Waals surface area contributed by atoms with E-state index in [4.69, 9.17) is 14.7 Å². The van der Waals surface area contributed by atoms with Gasteiger partial charge >= 0.3 is 0 Å². The fourth-order valence-corrected chi connectivity index (χ4v) is 7.80. The van der Waals surface area contributed by atoms with Gasteiger partial charge in [-0.1, -0.05) is 147 Å². The minimum Gasteiger partial charge on any atom is -0.522 e. The van der Waals surface area contributed by atoms with E-state index in [2.05, 4.69) is 193 Å². The summed E-state index contributed by atoms with van der Waals surface area (Å²) in [5.41, 5.74) is 10.9. The smallest absolute Gasteiger partial charge is 0.269 e. The Hall–Kier alpha value is -5.84. The number of hydrogen-bond donors (Lipinski definition) is 0. The SMILES string of the molecule is CC(C)(C)c1cc(-[n+]2[c-]n(-c3[c-]c(Oc4[c-]c5c(cc4)c4c(-c6ccccc6)cccc4n5-c4cc(C(C)(C)C)ccn4)ccn3)c3ccccc32)cc(C(C)(C)C)c1.[Pt]. The number of rotatable bonds is 6. The summed E-state index contributed by atoms with van der Waals surface area (Å²) in [5, 5.41) is 2.21. The van der Waals surface area contributed by atoms with Gasteiger partial charge in [0.15, 0.2) is 0 Å². The maximum atomic E-state index is 6.62. The van der Waals surface area contributed by atoms with Crippen LogP contribution < -0.4 is 9.30 Å². The Labute approximate surface area is 367 Å². The number of ether oxygens (including phenoxy) is 1. The summed E-state index contributed by atoms with van der Waals surface area (Å²) in [6, 6.07) is 49.6. The van der Waals surface area contributed by atoms with Gasteiger partial charge in [0.1, 0.15) is 5.82 Å². The van der Waals surface area contributed by atoms with Gasteiger partial charge in [0, 0.05) is 38.5 Å². The standard InChI is InChI=1S/C53H49N5O.Pt/c1-51(2,3)36-24-26-55-49(31-36)58-46-21-15-18-42(35-16-11-10-12-17-35)50(46)43-23-22-40(32-47(43)58)59-41-25-27-54-48(33-41)57-34-56(44-19-13-14-20-45(44)57)39-29-37(52(4,5)6)28-38(30-39)53(7,8)9;/h10-31H,1-9H3;/q-2;. The topological polar surface area (TPSA) is 48.8 Å². The van der Waals surface area contributed by atoms with Crippen molar-refractivity contribution in [2.75, 3.05) is 0 Å². The van der Waals surface area contributed by atoms with E-state index < -0.39 is 0 Å². The van der Waals surface area contributed by atoms with Gasteiger partial charge in [-0.25, -0.2) is 4.98 Å². The van der Waals surface area contributed by atoms with Gasteiger partial charge in [-0.3, -0.25) is 14.1 Å². The summed E-state index contributed by atoms with van der Waals surface area (Å²) in [6.07, 6.45) is 7.30. The second-order valence-corrected chi connectivity index (χ2v) is 18.5. The van der Waals surface area contributed by atoms with Gasteiger partial charge in [-0.05, 0) is 85.5 Å². The predicted octanol–water partition coefficient (Wildman–Crippen LogP) is 12.5. The Balaban J connectivity index is 0.00000499. The van der Waals surface area contributed by atoms with E-state index in [-0.39, 0.29) is 37.3 Å². The third-order valence-electron chi connectivity index (χ3n) is 11.2. The largest absolute Gasteiger partial charge is 0.522 e. The Morgan fingerprint density at radius 1 is 0.583 bits per heavy atom. The molecule has 0 N–H and O–H groups in total. The van der Waals surface area contributed by atoms with Crippen LogP contribution >= 0.6 is 0 Å². The molecular weight excluding hydrogens is 918 g/mol. The molecule has 0 aliphatic heterocycles. The minimum atomic E-state index is -0.0495. The molecule has 4 aromatic heterocycles. The van der Waals surface area contributed by atoms with Crippen LogP contribution in [0.2, 0.25) is 0 Å². The number of fused-ring (bicyclic) bond motifs is 4. The number of nitrogens with zero attached hydrogens (tertiary/aromatic N) is 5. The molecular formula is C53H49N5OPt-2. The molecule has 304 valence electrons. The first-order valence-electron chi connectivity index (χ1n) is 20.3. The van der Waals surface area contributed by atoms with Crippen molar-refractivity contribution < 1.29 is 30.4 Å². The molecule has 9 aromatic rings. The maximum absolute atomic E-state index is 6.62. The zero-order valence-electron chi connectivity index (χ0n) is 35.7. The van der Waals surface area contributed by atoms with Crippen LogP contribution in [-0.4, -0.2) is 19.1 Å². The van der Waals surface area contributed by atoms with Crippen LogP contribution in [0.5, 0.6) is 11.5 Å². The average molecular weight is 967 g/mol. The van der Waals surface area contributed by atoms with Gasteiger partial charge in [0.05, 0.1) is 22.5 Å². The van der Waals surface area contributed by atoms with Crippen molar-refractivity contribution in [3.8, 4) is 39.9 Å². The molecule has 9 rings (SSSR count). The molecule has 0 saturated heterocycles. The second-order valence-electron chi connectivity index (χ2n) is 18.5. The third kappa shape index (κ3) is 7.58. The van der Waals surface area contributed by atoms with Crippen molar-refractivity contribution in [3.05, 3.63) is 169 Å². The van der Waals surface area contributed by atoms with Gasteiger partial charge < -0.3 is 9.30 Å². The monoisotopic (exact) mass is 966 g/mol. The first-order chi connectivity index (χ1) is 28.1. The second kappa shape index (κ2) is 15.3. The Kier molecular flexibility index (Phi) is 10.4. The molecule has 0 aliphatic rings. The normalized spacial score (nSPS) is 12.3. The molecule has 0 bridgehead atoms. The fraction of sp³-hybridized carbons (Fsp3) is 0.226. The van der Waals surface area contributed by atoms with Gasteiger partial charge in [0.2, 0.25) is 0 Å².